The molecule has 1 saturated carbocycles. The van der Waals surface area contributed by atoms with E-state index in [9.17, 15) is 4.32 Å². The summed E-state index contributed by atoms with van der Waals surface area (Å²) in [5.41, 5.74) is 0. The average molecular weight is 238 g/mol. The molecule has 0 aromatic heterocycles. The van der Waals surface area contributed by atoms with Crippen molar-refractivity contribution in [3.05, 3.63) is 0 Å². The first-order valence-electron chi connectivity index (χ1n) is 7.72. The van der Waals surface area contributed by atoms with E-state index < -0.39 is 0 Å². The van der Waals surface area contributed by atoms with E-state index in [4.69, 9.17) is 0 Å². The Bertz CT molecular complexity index is 199. The van der Waals surface area contributed by atoms with Crippen LogP contribution in [0.3, 0.4) is 0 Å². The molecule has 1 rings (SSSR count). The van der Waals surface area contributed by atoms with Crippen molar-refractivity contribution in [3.8, 4) is 0 Å². The van der Waals surface area contributed by atoms with Crippen molar-refractivity contribution in [2.75, 3.05) is 0 Å². The summed E-state index contributed by atoms with van der Waals surface area (Å²) >= 11 is 0. The predicted octanol–water partition coefficient (Wildman–Crippen LogP) is 4.21. The molecule has 0 aromatic carbocycles. The first-order valence-corrected chi connectivity index (χ1v) is 7.72. The van der Waals surface area contributed by atoms with Gasteiger partial charge in [-0.05, 0) is 5.31 Å². The Labute approximate surface area is 109 Å². The third kappa shape index (κ3) is 6.52. The third-order valence-corrected chi connectivity index (χ3v) is 4.53. The first-order chi connectivity index (χ1) is 8.16. The van der Waals surface area contributed by atoms with E-state index in [2.05, 4.69) is 14.8 Å². The molecule has 0 bridgehead atoms. The van der Waals surface area contributed by atoms with Crippen molar-refractivity contribution in [2.24, 2.45) is 0 Å². The van der Waals surface area contributed by atoms with E-state index >= 15 is 0 Å². The fourth-order valence-corrected chi connectivity index (χ4v) is 3.02. The number of halogens is 1. The second-order valence-electron chi connectivity index (χ2n) is 6.60. The molecule has 0 heterocycles. The summed E-state index contributed by atoms with van der Waals surface area (Å²) in [5.74, 6) is 0.882. The Morgan fingerprint density at radius 1 is 0.941 bits per heavy atom. The molecule has 0 amide bonds. The molecule has 2 unspecified atom stereocenters. The molecule has 2 atom stereocenters. The average Bonchev–Trinajstić information content (AvgIpc) is 2.34. The second kappa shape index (κ2) is 8.21. The molecule has 0 radical (unpaired) electrons. The lowest BCUT2D eigenvalue weighted by atomic mass is 9.61. The molecular formula is C14H29B2F. The number of hydrogen-bond acceptors (Lipinski definition) is 0. The van der Waals surface area contributed by atoms with Crippen LogP contribution in [0.5, 0.6) is 0 Å². The summed E-state index contributed by atoms with van der Waals surface area (Å²) in [4.78, 5) is 0. The van der Waals surface area contributed by atoms with Gasteiger partial charge in [-0.25, -0.2) is 0 Å². The largest absolute Gasteiger partial charge is 0.341 e. The van der Waals surface area contributed by atoms with Crippen LogP contribution in [-0.4, -0.2) is 15.4 Å². The zero-order valence-electron chi connectivity index (χ0n) is 11.9. The summed E-state index contributed by atoms with van der Waals surface area (Å²) in [5, 5.41) is -0.0166. The van der Waals surface area contributed by atoms with Crippen molar-refractivity contribution in [3.63, 3.8) is 0 Å². The van der Waals surface area contributed by atoms with E-state index in [0.717, 1.165) is 18.7 Å². The molecule has 3 heteroatoms. The molecule has 1 aliphatic rings. The molecule has 0 saturated heterocycles. The van der Waals surface area contributed by atoms with Gasteiger partial charge >= 0.3 is 7.56 Å². The standard InChI is InChI=1S/C14H29B2F/c1-14(16-17)11-7-4-2-3-5-9-13(15)10-6-8-12-14/h13,16H,2-12,15H2,1H3. The zero-order chi connectivity index (χ0) is 12.6. The highest BCUT2D eigenvalue weighted by atomic mass is 19.1. The lowest BCUT2D eigenvalue weighted by Gasteiger charge is -2.25. The van der Waals surface area contributed by atoms with Gasteiger partial charge in [-0.2, -0.15) is 0 Å². The molecule has 17 heavy (non-hydrogen) atoms. The van der Waals surface area contributed by atoms with Gasteiger partial charge in [0.1, 0.15) is 7.85 Å². The van der Waals surface area contributed by atoms with Crippen molar-refractivity contribution in [2.45, 2.75) is 88.7 Å². The topological polar surface area (TPSA) is 0 Å². The van der Waals surface area contributed by atoms with Gasteiger partial charge < -0.3 is 4.32 Å². The van der Waals surface area contributed by atoms with Crippen LogP contribution >= 0.6 is 0 Å². The Kier molecular flexibility index (Phi) is 7.30. The van der Waals surface area contributed by atoms with Crippen LogP contribution in [0.15, 0.2) is 0 Å². The van der Waals surface area contributed by atoms with Gasteiger partial charge in [-0.3, -0.25) is 0 Å². The Morgan fingerprint density at radius 3 is 2.06 bits per heavy atom. The van der Waals surface area contributed by atoms with E-state index in [1.165, 1.54) is 57.8 Å². The van der Waals surface area contributed by atoms with Gasteiger partial charge in [-0.1, -0.05) is 83.4 Å². The molecule has 1 fully saturated rings. The van der Waals surface area contributed by atoms with Gasteiger partial charge in [0, 0.05) is 0 Å². The molecule has 0 aromatic rings. The van der Waals surface area contributed by atoms with Crippen molar-refractivity contribution < 1.29 is 4.32 Å². The van der Waals surface area contributed by atoms with Crippen LogP contribution in [0, 0.1) is 0 Å². The van der Waals surface area contributed by atoms with Crippen LogP contribution in [-0.2, 0) is 0 Å². The van der Waals surface area contributed by atoms with E-state index in [1.54, 1.807) is 0 Å². The molecule has 0 nitrogen and oxygen atoms in total. The number of rotatable bonds is 1. The minimum atomic E-state index is -0.122. The highest BCUT2D eigenvalue weighted by molar-refractivity contribution is 6.31. The van der Waals surface area contributed by atoms with Crippen LogP contribution in [0.2, 0.25) is 11.1 Å². The maximum absolute atomic E-state index is 13.1. The smallest absolute Gasteiger partial charge is 0.337 e. The van der Waals surface area contributed by atoms with Crippen LogP contribution < -0.4 is 0 Å². The van der Waals surface area contributed by atoms with E-state index in [0.29, 0.717) is 0 Å². The van der Waals surface area contributed by atoms with Gasteiger partial charge in [0.25, 0.3) is 0 Å². The highest BCUT2D eigenvalue weighted by Gasteiger charge is 2.25. The highest BCUT2D eigenvalue weighted by Crippen LogP contribution is 2.38. The zero-order valence-corrected chi connectivity index (χ0v) is 11.9. The summed E-state index contributed by atoms with van der Waals surface area (Å²) < 4.78 is 13.1. The normalized spacial score (nSPS) is 34.1. The Balaban J connectivity index is 2.39. The first kappa shape index (κ1) is 15.1. The summed E-state index contributed by atoms with van der Waals surface area (Å²) in [6, 6.07) is 0. The maximum atomic E-state index is 13.1. The molecule has 0 N–H and O–H groups in total. The fraction of sp³-hybridized carbons (Fsp3) is 1.00. The SMILES string of the molecule is BC1CCCCCCCC(C)(BF)CCCC1. The monoisotopic (exact) mass is 238 g/mol. The van der Waals surface area contributed by atoms with Crippen LogP contribution in [0.4, 0.5) is 4.32 Å². The molecular weight excluding hydrogens is 209 g/mol. The lowest BCUT2D eigenvalue weighted by molar-refractivity contribution is 0.438. The lowest BCUT2D eigenvalue weighted by Crippen LogP contribution is -2.14. The molecule has 1 aliphatic carbocycles. The van der Waals surface area contributed by atoms with Gasteiger partial charge in [0.2, 0.25) is 0 Å². The minimum absolute atomic E-state index is 0.0166. The summed E-state index contributed by atoms with van der Waals surface area (Å²) in [6.07, 6.45) is 14.2. The Hall–Kier alpha value is 0.0599. The Morgan fingerprint density at radius 2 is 1.41 bits per heavy atom. The maximum Gasteiger partial charge on any atom is 0.337 e. The number of hydrogen-bond donors (Lipinski definition) is 0. The minimum Gasteiger partial charge on any atom is -0.341 e. The molecule has 98 valence electrons. The van der Waals surface area contributed by atoms with Gasteiger partial charge in [0.05, 0.1) is 0 Å². The van der Waals surface area contributed by atoms with Crippen LogP contribution in [0.1, 0.15) is 77.6 Å². The molecule has 0 spiro atoms. The van der Waals surface area contributed by atoms with Crippen LogP contribution in [0.25, 0.3) is 0 Å². The van der Waals surface area contributed by atoms with Gasteiger partial charge in [0.15, 0.2) is 0 Å². The predicted molar refractivity (Wildman–Crippen MR) is 79.7 cm³/mol. The van der Waals surface area contributed by atoms with Crippen molar-refractivity contribution in [1.29, 1.82) is 0 Å². The second-order valence-corrected chi connectivity index (χ2v) is 6.60. The quantitative estimate of drug-likeness (QED) is 0.600. The van der Waals surface area contributed by atoms with E-state index in [-0.39, 0.29) is 12.9 Å². The molecule has 0 aliphatic heterocycles. The fourth-order valence-electron chi connectivity index (χ4n) is 3.02. The van der Waals surface area contributed by atoms with Crippen molar-refractivity contribution in [1.82, 2.24) is 0 Å². The summed E-state index contributed by atoms with van der Waals surface area (Å²) in [6.45, 7) is 2.15. The van der Waals surface area contributed by atoms with Gasteiger partial charge in [-0.15, -0.1) is 0 Å². The van der Waals surface area contributed by atoms with E-state index in [1.807, 2.05) is 0 Å². The summed E-state index contributed by atoms with van der Waals surface area (Å²) in [7, 11) is 2.26. The van der Waals surface area contributed by atoms with Crippen molar-refractivity contribution >= 4 is 15.4 Å². The third-order valence-electron chi connectivity index (χ3n) is 4.53.